The molecule has 0 spiro atoms. The molecule has 0 bridgehead atoms. The van der Waals surface area contributed by atoms with Gasteiger partial charge in [0.05, 0.1) is 6.61 Å². The Morgan fingerprint density at radius 3 is 2.88 bits per heavy atom. The zero-order valence-corrected chi connectivity index (χ0v) is 10.5. The van der Waals surface area contributed by atoms with Gasteiger partial charge in [-0.05, 0) is 18.2 Å². The number of hydrogen-bond donors (Lipinski definition) is 0. The van der Waals surface area contributed by atoms with Crippen molar-refractivity contribution in [3.05, 3.63) is 34.9 Å². The number of hydrogen-bond acceptors (Lipinski definition) is 3. The van der Waals surface area contributed by atoms with E-state index in [2.05, 4.69) is 20.9 Å². The predicted octanol–water partition coefficient (Wildman–Crippen LogP) is 3.02. The molecule has 0 N–H and O–H groups in total. The van der Waals surface area contributed by atoms with E-state index in [0.29, 0.717) is 19.1 Å². The zero-order chi connectivity index (χ0) is 11.4. The van der Waals surface area contributed by atoms with Crippen LogP contribution >= 0.6 is 15.9 Å². The molecule has 0 saturated carbocycles. The number of nitrogens with zero attached hydrogens (tertiary/aromatic N) is 1. The lowest BCUT2D eigenvalue weighted by Gasteiger charge is -2.08. The smallest absolute Gasteiger partial charge is 0.221 e. The maximum atomic E-state index is 5.56. The summed E-state index contributed by atoms with van der Waals surface area (Å²) in [6, 6.07) is 7.93. The lowest BCUT2D eigenvalue weighted by Crippen LogP contribution is -2.05. The highest BCUT2D eigenvalue weighted by atomic mass is 79.9. The molecule has 2 rings (SSSR count). The van der Waals surface area contributed by atoms with E-state index in [0.717, 1.165) is 15.2 Å². The fraction of sp³-hybridized carbons (Fsp3) is 0.250. The van der Waals surface area contributed by atoms with Gasteiger partial charge in [0.25, 0.3) is 0 Å². The van der Waals surface area contributed by atoms with Crippen LogP contribution in [0.1, 0.15) is 0 Å². The third kappa shape index (κ3) is 2.33. The minimum atomic E-state index is 0.509. The van der Waals surface area contributed by atoms with Crippen LogP contribution in [0.4, 0.5) is 0 Å². The van der Waals surface area contributed by atoms with Gasteiger partial charge in [0.2, 0.25) is 5.88 Å². The van der Waals surface area contributed by atoms with Crippen LogP contribution in [0, 0.1) is 0 Å². The third-order valence-corrected chi connectivity index (χ3v) is 2.93. The average Bonchev–Trinajstić information content (AvgIpc) is 2.31. The van der Waals surface area contributed by atoms with E-state index in [-0.39, 0.29) is 0 Å². The second kappa shape index (κ2) is 5.27. The minimum absolute atomic E-state index is 0.509. The van der Waals surface area contributed by atoms with Gasteiger partial charge < -0.3 is 9.47 Å². The van der Waals surface area contributed by atoms with Crippen molar-refractivity contribution >= 4 is 26.7 Å². The van der Waals surface area contributed by atoms with Crippen LogP contribution in [0.5, 0.6) is 5.88 Å². The van der Waals surface area contributed by atoms with Gasteiger partial charge >= 0.3 is 0 Å². The molecule has 0 aliphatic heterocycles. The van der Waals surface area contributed by atoms with Crippen molar-refractivity contribution in [2.45, 2.75) is 0 Å². The van der Waals surface area contributed by atoms with Crippen LogP contribution in [0.25, 0.3) is 10.8 Å². The Kier molecular flexibility index (Phi) is 3.74. The van der Waals surface area contributed by atoms with Gasteiger partial charge in [-0.1, -0.05) is 22.0 Å². The standard InChI is InChI=1S/C12H12BrNO2/c1-15-7-8-16-12-10-3-2-4-11(13)9(10)5-6-14-12/h2-6H,7-8H2,1H3. The van der Waals surface area contributed by atoms with Gasteiger partial charge in [-0.25, -0.2) is 4.98 Å². The number of fused-ring (bicyclic) bond motifs is 1. The van der Waals surface area contributed by atoms with Crippen molar-refractivity contribution in [1.82, 2.24) is 4.98 Å². The second-order valence-electron chi connectivity index (χ2n) is 3.29. The van der Waals surface area contributed by atoms with E-state index >= 15 is 0 Å². The molecule has 1 heterocycles. The first-order chi connectivity index (χ1) is 7.83. The lowest BCUT2D eigenvalue weighted by atomic mass is 10.2. The average molecular weight is 282 g/mol. The molecule has 0 amide bonds. The van der Waals surface area contributed by atoms with Crippen molar-refractivity contribution < 1.29 is 9.47 Å². The Morgan fingerprint density at radius 1 is 1.19 bits per heavy atom. The fourth-order valence-electron chi connectivity index (χ4n) is 1.48. The topological polar surface area (TPSA) is 31.4 Å². The van der Waals surface area contributed by atoms with E-state index in [9.17, 15) is 0 Å². The quantitative estimate of drug-likeness (QED) is 0.808. The third-order valence-electron chi connectivity index (χ3n) is 2.24. The Morgan fingerprint density at radius 2 is 2.06 bits per heavy atom. The largest absolute Gasteiger partial charge is 0.475 e. The van der Waals surface area contributed by atoms with E-state index in [1.165, 1.54) is 0 Å². The van der Waals surface area contributed by atoms with Gasteiger partial charge in [0.1, 0.15) is 6.61 Å². The molecule has 3 nitrogen and oxygen atoms in total. The summed E-state index contributed by atoms with van der Waals surface area (Å²) in [5, 5.41) is 2.11. The van der Waals surface area contributed by atoms with Crippen molar-refractivity contribution in [3.8, 4) is 5.88 Å². The first-order valence-corrected chi connectivity index (χ1v) is 5.77. The number of halogens is 1. The lowest BCUT2D eigenvalue weighted by molar-refractivity contribution is 0.144. The van der Waals surface area contributed by atoms with Gasteiger partial charge in [-0.2, -0.15) is 0 Å². The molecular formula is C12H12BrNO2. The monoisotopic (exact) mass is 281 g/mol. The van der Waals surface area contributed by atoms with E-state index in [1.54, 1.807) is 13.3 Å². The Balaban J connectivity index is 2.34. The fourth-order valence-corrected chi connectivity index (χ4v) is 1.98. The number of methoxy groups -OCH3 is 1. The van der Waals surface area contributed by atoms with Crippen LogP contribution in [0.3, 0.4) is 0 Å². The number of benzene rings is 1. The molecule has 0 atom stereocenters. The summed E-state index contributed by atoms with van der Waals surface area (Å²) in [7, 11) is 1.65. The first-order valence-electron chi connectivity index (χ1n) is 4.98. The van der Waals surface area contributed by atoms with Gasteiger partial charge in [-0.15, -0.1) is 0 Å². The van der Waals surface area contributed by atoms with Crippen molar-refractivity contribution in [1.29, 1.82) is 0 Å². The van der Waals surface area contributed by atoms with Crippen LogP contribution in [0.2, 0.25) is 0 Å². The molecule has 0 aliphatic carbocycles. The SMILES string of the molecule is COCCOc1nccc2c(Br)cccc12. The summed E-state index contributed by atoms with van der Waals surface area (Å²) in [4.78, 5) is 4.22. The van der Waals surface area contributed by atoms with Gasteiger partial charge in [0.15, 0.2) is 0 Å². The summed E-state index contributed by atoms with van der Waals surface area (Å²) in [5.41, 5.74) is 0. The molecule has 16 heavy (non-hydrogen) atoms. The molecule has 84 valence electrons. The molecule has 0 radical (unpaired) electrons. The molecule has 1 aromatic carbocycles. The molecule has 2 aromatic rings. The van der Waals surface area contributed by atoms with Crippen LogP contribution in [-0.4, -0.2) is 25.3 Å². The van der Waals surface area contributed by atoms with Crippen LogP contribution < -0.4 is 4.74 Å². The molecule has 0 unspecified atom stereocenters. The molecule has 4 heteroatoms. The second-order valence-corrected chi connectivity index (χ2v) is 4.15. The molecule has 1 aromatic heterocycles. The zero-order valence-electron chi connectivity index (χ0n) is 8.94. The summed E-state index contributed by atoms with van der Waals surface area (Å²) in [6.45, 7) is 1.07. The maximum absolute atomic E-state index is 5.56. The number of rotatable bonds is 4. The van der Waals surface area contributed by atoms with Crippen LogP contribution in [0.15, 0.2) is 34.9 Å². The van der Waals surface area contributed by atoms with Gasteiger partial charge in [0, 0.05) is 28.6 Å². The van der Waals surface area contributed by atoms with Crippen molar-refractivity contribution in [2.24, 2.45) is 0 Å². The highest BCUT2D eigenvalue weighted by molar-refractivity contribution is 9.10. The van der Waals surface area contributed by atoms with E-state index in [1.807, 2.05) is 24.3 Å². The molecule has 0 fully saturated rings. The maximum Gasteiger partial charge on any atom is 0.221 e. The summed E-state index contributed by atoms with van der Waals surface area (Å²) < 4.78 is 11.5. The summed E-state index contributed by atoms with van der Waals surface area (Å²) >= 11 is 3.50. The summed E-state index contributed by atoms with van der Waals surface area (Å²) in [5.74, 6) is 0.649. The number of aromatic nitrogens is 1. The molecule has 0 saturated heterocycles. The first kappa shape index (κ1) is 11.4. The van der Waals surface area contributed by atoms with Crippen LogP contribution in [-0.2, 0) is 4.74 Å². The Bertz CT molecular complexity index is 487. The van der Waals surface area contributed by atoms with E-state index < -0.39 is 0 Å². The molecular weight excluding hydrogens is 270 g/mol. The predicted molar refractivity (Wildman–Crippen MR) is 66.8 cm³/mol. The summed E-state index contributed by atoms with van der Waals surface area (Å²) in [6.07, 6.45) is 1.75. The van der Waals surface area contributed by atoms with Crippen molar-refractivity contribution in [2.75, 3.05) is 20.3 Å². The molecule has 0 aliphatic rings. The number of ether oxygens (including phenoxy) is 2. The normalized spacial score (nSPS) is 10.6. The van der Waals surface area contributed by atoms with Crippen molar-refractivity contribution in [3.63, 3.8) is 0 Å². The Hall–Kier alpha value is -1.13. The Labute approximate surface area is 103 Å². The highest BCUT2D eigenvalue weighted by Gasteiger charge is 2.05. The van der Waals surface area contributed by atoms with E-state index in [4.69, 9.17) is 9.47 Å². The van der Waals surface area contributed by atoms with Gasteiger partial charge in [-0.3, -0.25) is 0 Å². The minimum Gasteiger partial charge on any atom is -0.475 e. The number of pyridine rings is 1. The highest BCUT2D eigenvalue weighted by Crippen LogP contribution is 2.28.